The smallest absolute Gasteiger partial charge is 0.255 e. The monoisotopic (exact) mass is 426 g/mol. The maximum absolute atomic E-state index is 13.4. The number of carbonyl (C=O) groups is 1. The van der Waals surface area contributed by atoms with Gasteiger partial charge in [-0.2, -0.15) is 0 Å². The molecule has 5 nitrogen and oxygen atoms in total. The van der Waals surface area contributed by atoms with Gasteiger partial charge in [-0.15, -0.1) is 10.2 Å². The van der Waals surface area contributed by atoms with Crippen molar-refractivity contribution in [2.75, 3.05) is 10.6 Å². The Kier molecular flexibility index (Phi) is 6.22. The summed E-state index contributed by atoms with van der Waals surface area (Å²) in [6, 6.07) is 24.7. The van der Waals surface area contributed by atoms with Crippen molar-refractivity contribution in [3.05, 3.63) is 102 Å². The van der Waals surface area contributed by atoms with Gasteiger partial charge in [0.15, 0.2) is 5.82 Å². The Labute approximate surface area is 186 Å². The van der Waals surface area contributed by atoms with Crippen LogP contribution < -0.4 is 10.6 Å². The van der Waals surface area contributed by atoms with Gasteiger partial charge in [0.05, 0.1) is 5.69 Å². The number of hydrogen-bond acceptors (Lipinski definition) is 4. The predicted molar refractivity (Wildman–Crippen MR) is 126 cm³/mol. The van der Waals surface area contributed by atoms with E-state index >= 15 is 0 Å². The number of nitrogens with one attached hydrogen (secondary N) is 2. The van der Waals surface area contributed by atoms with E-state index in [0.29, 0.717) is 28.6 Å². The van der Waals surface area contributed by atoms with Crippen LogP contribution in [0.1, 0.15) is 35.7 Å². The number of rotatable bonds is 6. The van der Waals surface area contributed by atoms with Gasteiger partial charge in [-0.1, -0.05) is 38.1 Å². The summed E-state index contributed by atoms with van der Waals surface area (Å²) in [4.78, 5) is 12.5. The molecule has 0 fully saturated rings. The Morgan fingerprint density at radius 2 is 1.56 bits per heavy atom. The van der Waals surface area contributed by atoms with Gasteiger partial charge >= 0.3 is 0 Å². The Balaban J connectivity index is 1.38. The number of anilines is 3. The summed E-state index contributed by atoms with van der Waals surface area (Å²) in [5.74, 6) is 0.505. The topological polar surface area (TPSA) is 66.9 Å². The maximum atomic E-state index is 13.4. The van der Waals surface area contributed by atoms with Crippen molar-refractivity contribution in [3.8, 4) is 11.3 Å². The number of halogens is 1. The summed E-state index contributed by atoms with van der Waals surface area (Å²) in [5, 5.41) is 14.4. The summed E-state index contributed by atoms with van der Waals surface area (Å²) in [6.45, 7) is 4.26. The van der Waals surface area contributed by atoms with E-state index in [9.17, 15) is 9.18 Å². The van der Waals surface area contributed by atoms with E-state index < -0.39 is 0 Å². The van der Waals surface area contributed by atoms with E-state index in [1.54, 1.807) is 48.5 Å². The fourth-order valence-electron chi connectivity index (χ4n) is 3.21. The van der Waals surface area contributed by atoms with Crippen LogP contribution in [-0.4, -0.2) is 16.1 Å². The standard InChI is InChI=1S/C26H23FN4O/c1-17(2)18-6-10-23(11-7-18)29-26(32)19-8-12-22(13-9-19)28-25-15-14-24(30-31-25)20-4-3-5-21(27)16-20/h3-17H,1-2H3,(H,28,31)(H,29,32). The van der Waals surface area contributed by atoms with E-state index in [-0.39, 0.29) is 11.7 Å². The number of nitrogens with zero attached hydrogens (tertiary/aromatic N) is 2. The fraction of sp³-hybridized carbons (Fsp3) is 0.115. The second kappa shape index (κ2) is 9.39. The molecule has 0 aliphatic rings. The first-order chi connectivity index (χ1) is 15.5. The lowest BCUT2D eigenvalue weighted by molar-refractivity contribution is 0.102. The van der Waals surface area contributed by atoms with E-state index in [2.05, 4.69) is 34.7 Å². The first-order valence-electron chi connectivity index (χ1n) is 10.4. The van der Waals surface area contributed by atoms with Crippen molar-refractivity contribution < 1.29 is 9.18 Å². The van der Waals surface area contributed by atoms with E-state index in [0.717, 1.165) is 11.4 Å². The van der Waals surface area contributed by atoms with Crippen molar-refractivity contribution in [2.45, 2.75) is 19.8 Å². The molecule has 0 saturated heterocycles. The minimum Gasteiger partial charge on any atom is -0.339 e. The zero-order chi connectivity index (χ0) is 22.5. The molecule has 1 heterocycles. The second-order valence-electron chi connectivity index (χ2n) is 7.75. The molecule has 6 heteroatoms. The maximum Gasteiger partial charge on any atom is 0.255 e. The van der Waals surface area contributed by atoms with Gasteiger partial charge in [-0.05, 0) is 72.1 Å². The highest BCUT2D eigenvalue weighted by Gasteiger charge is 2.08. The number of amides is 1. The summed E-state index contributed by atoms with van der Waals surface area (Å²) < 4.78 is 13.4. The van der Waals surface area contributed by atoms with Crippen LogP contribution in [0.25, 0.3) is 11.3 Å². The molecule has 1 amide bonds. The van der Waals surface area contributed by atoms with Gasteiger partial charge in [0.1, 0.15) is 5.82 Å². The first-order valence-corrected chi connectivity index (χ1v) is 10.4. The van der Waals surface area contributed by atoms with Gasteiger partial charge in [0.25, 0.3) is 5.91 Å². The molecular weight excluding hydrogens is 403 g/mol. The molecule has 0 atom stereocenters. The molecule has 0 bridgehead atoms. The minimum absolute atomic E-state index is 0.173. The van der Waals surface area contributed by atoms with Crippen LogP contribution in [0.4, 0.5) is 21.6 Å². The van der Waals surface area contributed by atoms with Crippen LogP contribution in [0, 0.1) is 5.82 Å². The van der Waals surface area contributed by atoms with Crippen molar-refractivity contribution in [2.24, 2.45) is 0 Å². The van der Waals surface area contributed by atoms with Gasteiger partial charge < -0.3 is 10.6 Å². The van der Waals surface area contributed by atoms with Gasteiger partial charge in [0.2, 0.25) is 0 Å². The van der Waals surface area contributed by atoms with Crippen molar-refractivity contribution >= 4 is 23.1 Å². The highest BCUT2D eigenvalue weighted by molar-refractivity contribution is 6.04. The highest BCUT2D eigenvalue weighted by atomic mass is 19.1. The van der Waals surface area contributed by atoms with Gasteiger partial charge in [-0.25, -0.2) is 4.39 Å². The molecule has 0 aliphatic heterocycles. The second-order valence-corrected chi connectivity index (χ2v) is 7.75. The summed E-state index contributed by atoms with van der Waals surface area (Å²) >= 11 is 0. The molecule has 1 aromatic heterocycles. The molecule has 4 aromatic rings. The lowest BCUT2D eigenvalue weighted by atomic mass is 10.0. The number of aromatic nitrogens is 2. The number of benzene rings is 3. The third kappa shape index (κ3) is 5.16. The van der Waals surface area contributed by atoms with Gasteiger partial charge in [-0.3, -0.25) is 4.79 Å². The van der Waals surface area contributed by atoms with E-state index in [4.69, 9.17) is 0 Å². The zero-order valence-corrected chi connectivity index (χ0v) is 17.8. The normalized spacial score (nSPS) is 10.8. The Morgan fingerprint density at radius 1 is 0.844 bits per heavy atom. The van der Waals surface area contributed by atoms with Crippen LogP contribution in [0.5, 0.6) is 0 Å². The van der Waals surface area contributed by atoms with Crippen LogP contribution in [0.3, 0.4) is 0 Å². The van der Waals surface area contributed by atoms with Crippen molar-refractivity contribution in [3.63, 3.8) is 0 Å². The molecule has 4 rings (SSSR count). The first kappa shape index (κ1) is 21.2. The summed E-state index contributed by atoms with van der Waals surface area (Å²) in [5.41, 5.74) is 4.56. The molecule has 0 saturated carbocycles. The van der Waals surface area contributed by atoms with Crippen LogP contribution in [-0.2, 0) is 0 Å². The molecule has 32 heavy (non-hydrogen) atoms. The average molecular weight is 426 g/mol. The quantitative estimate of drug-likeness (QED) is 0.374. The lowest BCUT2D eigenvalue weighted by Gasteiger charge is -2.09. The third-order valence-corrected chi connectivity index (χ3v) is 5.04. The zero-order valence-electron chi connectivity index (χ0n) is 17.8. The van der Waals surface area contributed by atoms with Crippen molar-refractivity contribution in [1.82, 2.24) is 10.2 Å². The van der Waals surface area contributed by atoms with Crippen LogP contribution in [0.15, 0.2) is 84.9 Å². The largest absolute Gasteiger partial charge is 0.339 e. The van der Waals surface area contributed by atoms with Crippen LogP contribution >= 0.6 is 0 Å². The minimum atomic E-state index is -0.316. The summed E-state index contributed by atoms with van der Waals surface area (Å²) in [6.07, 6.45) is 0. The summed E-state index contributed by atoms with van der Waals surface area (Å²) in [7, 11) is 0. The number of hydrogen-bond donors (Lipinski definition) is 2. The SMILES string of the molecule is CC(C)c1ccc(NC(=O)c2ccc(Nc3ccc(-c4cccc(F)c4)nn3)cc2)cc1. The number of carbonyl (C=O) groups excluding carboxylic acids is 1. The Morgan fingerprint density at radius 3 is 2.19 bits per heavy atom. The molecule has 0 radical (unpaired) electrons. The molecule has 0 aliphatic carbocycles. The molecule has 0 spiro atoms. The highest BCUT2D eigenvalue weighted by Crippen LogP contribution is 2.21. The lowest BCUT2D eigenvalue weighted by Crippen LogP contribution is -2.11. The third-order valence-electron chi connectivity index (χ3n) is 5.04. The Hall–Kier alpha value is -4.06. The Bertz CT molecular complexity index is 1200. The van der Waals surface area contributed by atoms with E-state index in [1.165, 1.54) is 17.7 Å². The average Bonchev–Trinajstić information content (AvgIpc) is 2.80. The fourth-order valence-corrected chi connectivity index (χ4v) is 3.21. The molecular formula is C26H23FN4O. The van der Waals surface area contributed by atoms with E-state index in [1.807, 2.05) is 24.3 Å². The van der Waals surface area contributed by atoms with Crippen molar-refractivity contribution in [1.29, 1.82) is 0 Å². The predicted octanol–water partition coefficient (Wildman–Crippen LogP) is 6.40. The molecule has 0 unspecified atom stereocenters. The molecule has 2 N–H and O–H groups in total. The molecule has 160 valence electrons. The van der Waals surface area contributed by atoms with Crippen LogP contribution in [0.2, 0.25) is 0 Å². The van der Waals surface area contributed by atoms with Gasteiger partial charge in [0, 0.05) is 22.5 Å². The molecule has 3 aromatic carbocycles.